The number of nitrogens with zero attached hydrogens (tertiary/aromatic N) is 2. The van der Waals surface area contributed by atoms with Crippen LogP contribution in [-0.2, 0) is 16.0 Å². The second kappa shape index (κ2) is 15.6. The molecule has 5 N–H and O–H groups in total. The van der Waals surface area contributed by atoms with E-state index in [1.165, 1.54) is 11.8 Å². The molecule has 0 aliphatic rings. The number of nitrogens with one attached hydrogen (secondary N) is 2. The molecule has 0 saturated heterocycles. The van der Waals surface area contributed by atoms with E-state index in [9.17, 15) is 24.3 Å². The smallest absolute Gasteiger partial charge is 0.270 e. The number of thioether (sulfide) groups is 1. The number of hydrogen-bond acceptors (Lipinski definition) is 8. The van der Waals surface area contributed by atoms with Crippen LogP contribution in [0.2, 0.25) is 0 Å². The Balaban J connectivity index is 1.55. The molecule has 0 radical (unpaired) electrons. The molecule has 0 bridgehead atoms. The molecule has 3 amide bonds. The number of nitrogens with two attached hydrogens (primary N) is 1. The van der Waals surface area contributed by atoms with Gasteiger partial charge < -0.3 is 21.5 Å². The van der Waals surface area contributed by atoms with Crippen molar-refractivity contribution in [3.05, 3.63) is 102 Å². The predicted molar refractivity (Wildman–Crippen MR) is 178 cm³/mol. The third-order valence-corrected chi connectivity index (χ3v) is 8.39. The van der Waals surface area contributed by atoms with Gasteiger partial charge in [-0.25, -0.2) is 4.98 Å². The fourth-order valence-electron chi connectivity index (χ4n) is 4.93. The first kappa shape index (κ1) is 34.3. The van der Waals surface area contributed by atoms with Crippen LogP contribution in [0.1, 0.15) is 60.0 Å². The number of primary amides is 1. The van der Waals surface area contributed by atoms with Gasteiger partial charge in [-0.15, -0.1) is 11.8 Å². The second-order valence-electron chi connectivity index (χ2n) is 12.1. The molecular formula is C35H39N5O5S. The highest BCUT2D eigenvalue weighted by Gasteiger charge is 2.30. The number of aromatic nitrogens is 2. The average molecular weight is 642 g/mol. The number of carbonyl (C=O) groups is 4. The van der Waals surface area contributed by atoms with Gasteiger partial charge in [0.25, 0.3) is 11.8 Å². The molecule has 46 heavy (non-hydrogen) atoms. The largest absolute Gasteiger partial charge is 0.392 e. The van der Waals surface area contributed by atoms with Crippen molar-refractivity contribution in [1.82, 2.24) is 20.6 Å². The number of ketones is 1. The molecule has 240 valence electrons. The van der Waals surface area contributed by atoms with Crippen LogP contribution in [0.25, 0.3) is 10.9 Å². The van der Waals surface area contributed by atoms with Crippen molar-refractivity contribution in [3.8, 4) is 0 Å². The zero-order valence-corrected chi connectivity index (χ0v) is 26.9. The fourth-order valence-corrected chi connectivity index (χ4v) is 5.99. The molecule has 4 rings (SSSR count). The van der Waals surface area contributed by atoms with Gasteiger partial charge in [0.1, 0.15) is 5.69 Å². The van der Waals surface area contributed by atoms with Crippen LogP contribution in [-0.4, -0.2) is 62.0 Å². The lowest BCUT2D eigenvalue weighted by molar-refractivity contribution is -0.126. The summed E-state index contributed by atoms with van der Waals surface area (Å²) in [6, 6.07) is 20.1. The number of amides is 3. The molecule has 2 heterocycles. The number of aliphatic hydroxyl groups is 1. The molecule has 2 aromatic heterocycles. The summed E-state index contributed by atoms with van der Waals surface area (Å²) in [4.78, 5) is 61.3. The molecule has 0 aliphatic carbocycles. The molecule has 10 nitrogen and oxygen atoms in total. The Kier molecular flexibility index (Phi) is 11.6. The molecule has 4 aromatic rings. The average Bonchev–Trinajstić information content (AvgIpc) is 3.02. The number of aliphatic hydroxyl groups excluding tert-OH is 1. The molecule has 0 saturated carbocycles. The topological polar surface area (TPSA) is 164 Å². The number of hydrogen-bond donors (Lipinski definition) is 4. The van der Waals surface area contributed by atoms with Crippen LogP contribution in [0.15, 0.2) is 90.1 Å². The van der Waals surface area contributed by atoms with Crippen molar-refractivity contribution in [2.24, 2.45) is 11.7 Å². The molecular weight excluding hydrogens is 602 g/mol. The van der Waals surface area contributed by atoms with Gasteiger partial charge in [0.15, 0.2) is 5.78 Å². The lowest BCUT2D eigenvalue weighted by atomic mass is 9.89. The van der Waals surface area contributed by atoms with Crippen molar-refractivity contribution >= 4 is 46.2 Å². The predicted octanol–water partition coefficient (Wildman–Crippen LogP) is 4.10. The summed E-state index contributed by atoms with van der Waals surface area (Å²) in [6.07, 6.45) is 1.84. The Morgan fingerprint density at radius 2 is 1.65 bits per heavy atom. The van der Waals surface area contributed by atoms with Gasteiger partial charge in [-0.05, 0) is 63.1 Å². The van der Waals surface area contributed by atoms with Crippen LogP contribution in [0.5, 0.6) is 0 Å². The van der Waals surface area contributed by atoms with E-state index >= 15 is 0 Å². The van der Waals surface area contributed by atoms with Crippen LogP contribution in [0.4, 0.5) is 0 Å². The van der Waals surface area contributed by atoms with E-state index in [1.807, 2.05) is 39.0 Å². The quantitative estimate of drug-likeness (QED) is 0.150. The van der Waals surface area contributed by atoms with Gasteiger partial charge in [-0.3, -0.25) is 24.2 Å². The number of pyridine rings is 2. The second-order valence-corrected chi connectivity index (χ2v) is 13.2. The maximum atomic E-state index is 13.7. The highest BCUT2D eigenvalue weighted by Crippen LogP contribution is 2.27. The minimum atomic E-state index is -1.22. The minimum absolute atomic E-state index is 0.0924. The van der Waals surface area contributed by atoms with Crippen molar-refractivity contribution in [1.29, 1.82) is 0 Å². The number of carbonyl (C=O) groups excluding carboxylic acids is 4. The van der Waals surface area contributed by atoms with Crippen LogP contribution >= 0.6 is 11.8 Å². The summed E-state index contributed by atoms with van der Waals surface area (Å²) >= 11 is 1.42. The Hall–Kier alpha value is -4.61. The number of fused-ring (bicyclic) bond motifs is 1. The van der Waals surface area contributed by atoms with Gasteiger partial charge in [0.2, 0.25) is 5.91 Å². The van der Waals surface area contributed by atoms with E-state index in [1.54, 1.807) is 67.0 Å². The molecule has 0 spiro atoms. The third-order valence-electron chi connectivity index (χ3n) is 7.22. The number of benzene rings is 2. The third kappa shape index (κ3) is 9.95. The van der Waals surface area contributed by atoms with E-state index in [4.69, 9.17) is 5.73 Å². The summed E-state index contributed by atoms with van der Waals surface area (Å²) in [5.74, 6) is -2.38. The van der Waals surface area contributed by atoms with Crippen molar-refractivity contribution in [2.45, 2.75) is 62.6 Å². The summed E-state index contributed by atoms with van der Waals surface area (Å²) in [5, 5.41) is 18.0. The lowest BCUT2D eigenvalue weighted by Crippen LogP contribution is -2.45. The van der Waals surface area contributed by atoms with Crippen LogP contribution in [0.3, 0.4) is 0 Å². The summed E-state index contributed by atoms with van der Waals surface area (Å²) in [5.41, 5.74) is 6.79. The molecule has 2 aromatic carbocycles. The van der Waals surface area contributed by atoms with Gasteiger partial charge in [0.05, 0.1) is 24.1 Å². The summed E-state index contributed by atoms with van der Waals surface area (Å²) < 4.78 is 0. The molecule has 0 aliphatic heterocycles. The number of rotatable bonds is 14. The maximum Gasteiger partial charge on any atom is 0.270 e. The van der Waals surface area contributed by atoms with Crippen molar-refractivity contribution in [2.75, 3.05) is 5.75 Å². The maximum absolute atomic E-state index is 13.7. The standard InChI is InChI=1S/C35H39N5O5S/c1-35(2,3)40-33(44)26-12-6-4-10-23(26)17-30(41)24(21-46-25-11-8-16-37-20-25)18-31(42)29(19-32(36)43)39-34(45)28-15-14-22-9-5-7-13-27(22)38-28/h4-16,20,24,29-30,41H,17-19,21H2,1-3H3,(H2,36,43)(H,39,45)(H,40,44)/t24-,29-,30+/m0/s1. The van der Waals surface area contributed by atoms with E-state index < -0.39 is 47.6 Å². The van der Waals surface area contributed by atoms with Crippen molar-refractivity contribution in [3.63, 3.8) is 0 Å². The van der Waals surface area contributed by atoms with Crippen LogP contribution in [0, 0.1) is 5.92 Å². The summed E-state index contributed by atoms with van der Waals surface area (Å²) in [7, 11) is 0. The Morgan fingerprint density at radius 1 is 0.913 bits per heavy atom. The van der Waals surface area contributed by atoms with Gasteiger partial charge >= 0.3 is 0 Å². The SMILES string of the molecule is CC(C)(C)NC(=O)c1ccccc1C[C@@H](O)[C@H](CSc1cccnc1)CC(=O)[C@H](CC(N)=O)NC(=O)c1ccc2ccccc2n1. The Bertz CT molecular complexity index is 1690. The van der Waals surface area contributed by atoms with Crippen LogP contribution < -0.4 is 16.4 Å². The first-order valence-corrected chi connectivity index (χ1v) is 16.0. The zero-order chi connectivity index (χ0) is 33.3. The molecule has 11 heteroatoms. The number of Topliss-reactive ketones (excluding diaryl/α,β-unsaturated/α-hetero) is 1. The van der Waals surface area contributed by atoms with Crippen molar-refractivity contribution < 1.29 is 24.3 Å². The monoisotopic (exact) mass is 641 g/mol. The van der Waals surface area contributed by atoms with E-state index in [2.05, 4.69) is 20.6 Å². The number of para-hydroxylation sites is 1. The first-order chi connectivity index (χ1) is 21.9. The van der Waals surface area contributed by atoms with Gasteiger partial charge in [-0.1, -0.05) is 42.5 Å². The normalized spacial score (nSPS) is 13.4. The highest BCUT2D eigenvalue weighted by atomic mass is 32.2. The minimum Gasteiger partial charge on any atom is -0.392 e. The molecule has 0 unspecified atom stereocenters. The van der Waals surface area contributed by atoms with E-state index in [-0.39, 0.29) is 24.4 Å². The van der Waals surface area contributed by atoms with E-state index in [0.29, 0.717) is 22.4 Å². The Morgan fingerprint density at radius 3 is 2.37 bits per heavy atom. The molecule has 0 fully saturated rings. The van der Waals surface area contributed by atoms with E-state index in [0.717, 1.165) is 10.3 Å². The highest BCUT2D eigenvalue weighted by molar-refractivity contribution is 7.99. The zero-order valence-electron chi connectivity index (χ0n) is 26.1. The lowest BCUT2D eigenvalue weighted by Gasteiger charge is -2.26. The molecule has 3 atom stereocenters. The first-order valence-electron chi connectivity index (χ1n) is 15.0. The Labute approximate surface area is 272 Å². The van der Waals surface area contributed by atoms with Gasteiger partial charge in [-0.2, -0.15) is 0 Å². The summed E-state index contributed by atoms with van der Waals surface area (Å²) in [6.45, 7) is 5.66. The van der Waals surface area contributed by atoms with Gasteiger partial charge in [0, 0.05) is 51.9 Å². The fraction of sp³-hybridized carbons (Fsp3) is 0.314.